The standard InChI is InChI=1S/C26H34FN5O2/c1-17(2)34-24-13-19(6-7-21(24)18-8-10-31(3)11-9-18)29-26-28-14-22-23(27)16-32(25(22)30-26)15-20-5-4-12-33-20/h6-7,13-14,16-18,20H,4-5,8-12,15H2,1-3H3,(H,28,29,30). The van der Waals surface area contributed by atoms with Crippen molar-refractivity contribution in [2.24, 2.45) is 0 Å². The van der Waals surface area contributed by atoms with E-state index in [2.05, 4.69) is 39.4 Å². The van der Waals surface area contributed by atoms with Crippen molar-refractivity contribution >= 4 is 22.7 Å². The number of halogens is 1. The van der Waals surface area contributed by atoms with Gasteiger partial charge in [-0.05, 0) is 77.2 Å². The van der Waals surface area contributed by atoms with Crippen LogP contribution in [-0.4, -0.2) is 58.4 Å². The van der Waals surface area contributed by atoms with Gasteiger partial charge in [-0.25, -0.2) is 9.37 Å². The molecule has 182 valence electrons. The summed E-state index contributed by atoms with van der Waals surface area (Å²) in [6.07, 6.45) is 7.51. The maximum atomic E-state index is 14.5. The fraction of sp³-hybridized carbons (Fsp3) is 0.538. The summed E-state index contributed by atoms with van der Waals surface area (Å²) in [6.45, 7) is 7.65. The van der Waals surface area contributed by atoms with Crippen molar-refractivity contribution in [3.05, 3.63) is 42.0 Å². The quantitative estimate of drug-likeness (QED) is 0.522. The third kappa shape index (κ3) is 5.03. The van der Waals surface area contributed by atoms with E-state index in [1.54, 1.807) is 6.20 Å². The molecule has 2 aliphatic heterocycles. The molecule has 0 amide bonds. The number of hydrogen-bond acceptors (Lipinski definition) is 6. The first-order chi connectivity index (χ1) is 16.5. The zero-order chi connectivity index (χ0) is 23.7. The topological polar surface area (TPSA) is 64.4 Å². The Morgan fingerprint density at radius 1 is 1.24 bits per heavy atom. The van der Waals surface area contributed by atoms with Gasteiger partial charge >= 0.3 is 0 Å². The first-order valence-corrected chi connectivity index (χ1v) is 12.4. The van der Waals surface area contributed by atoms with Gasteiger partial charge in [-0.3, -0.25) is 0 Å². The second-order valence-corrected chi connectivity index (χ2v) is 9.82. The van der Waals surface area contributed by atoms with Crippen molar-refractivity contribution in [2.75, 3.05) is 32.1 Å². The summed E-state index contributed by atoms with van der Waals surface area (Å²) in [5.74, 6) is 1.52. The van der Waals surface area contributed by atoms with Crippen molar-refractivity contribution in [1.82, 2.24) is 19.4 Å². The third-order valence-electron chi connectivity index (χ3n) is 6.78. The average molecular weight is 468 g/mol. The number of benzene rings is 1. The Morgan fingerprint density at radius 2 is 2.06 bits per heavy atom. The molecule has 0 bridgehead atoms. The minimum atomic E-state index is -0.311. The molecule has 8 heteroatoms. The Bertz CT molecular complexity index is 1130. The minimum Gasteiger partial charge on any atom is -0.491 e. The lowest BCUT2D eigenvalue weighted by atomic mass is 9.89. The number of anilines is 2. The Hall–Kier alpha value is -2.71. The maximum Gasteiger partial charge on any atom is 0.229 e. The number of piperidine rings is 1. The summed E-state index contributed by atoms with van der Waals surface area (Å²) in [5.41, 5.74) is 2.69. The Morgan fingerprint density at radius 3 is 2.79 bits per heavy atom. The lowest BCUT2D eigenvalue weighted by molar-refractivity contribution is 0.0978. The van der Waals surface area contributed by atoms with Crippen LogP contribution in [0.25, 0.3) is 11.0 Å². The molecule has 3 aromatic rings. The number of nitrogens with one attached hydrogen (secondary N) is 1. The van der Waals surface area contributed by atoms with Gasteiger partial charge in [-0.15, -0.1) is 0 Å². The van der Waals surface area contributed by atoms with E-state index in [4.69, 9.17) is 9.47 Å². The predicted octanol–water partition coefficient (Wildman–Crippen LogP) is 5.09. The molecule has 5 rings (SSSR count). The van der Waals surface area contributed by atoms with Gasteiger partial charge in [0.25, 0.3) is 0 Å². The van der Waals surface area contributed by atoms with Gasteiger partial charge in [0.05, 0.1) is 24.1 Å². The molecule has 2 aliphatic rings. The fourth-order valence-corrected chi connectivity index (χ4v) is 4.99. The van der Waals surface area contributed by atoms with E-state index in [0.29, 0.717) is 29.4 Å². The highest BCUT2D eigenvalue weighted by Crippen LogP contribution is 2.37. The summed E-state index contributed by atoms with van der Waals surface area (Å²) < 4.78 is 28.3. The number of hydrogen-bond donors (Lipinski definition) is 1. The average Bonchev–Trinajstić information content (AvgIpc) is 3.42. The highest BCUT2D eigenvalue weighted by Gasteiger charge is 2.23. The molecule has 4 heterocycles. The number of aromatic nitrogens is 3. The van der Waals surface area contributed by atoms with Crippen LogP contribution in [-0.2, 0) is 11.3 Å². The molecule has 0 radical (unpaired) electrons. The van der Waals surface area contributed by atoms with E-state index in [9.17, 15) is 4.39 Å². The van der Waals surface area contributed by atoms with E-state index < -0.39 is 0 Å². The fourth-order valence-electron chi connectivity index (χ4n) is 4.99. The molecule has 1 aromatic carbocycles. The predicted molar refractivity (Wildman–Crippen MR) is 131 cm³/mol. The van der Waals surface area contributed by atoms with Crippen LogP contribution in [0.1, 0.15) is 51.0 Å². The zero-order valence-corrected chi connectivity index (χ0v) is 20.3. The lowest BCUT2D eigenvalue weighted by Crippen LogP contribution is -2.29. The van der Waals surface area contributed by atoms with Crippen LogP contribution >= 0.6 is 0 Å². The number of ether oxygens (including phenoxy) is 2. The molecule has 1 unspecified atom stereocenters. The molecule has 0 spiro atoms. The van der Waals surface area contributed by atoms with E-state index in [-0.39, 0.29) is 18.0 Å². The smallest absolute Gasteiger partial charge is 0.229 e. The van der Waals surface area contributed by atoms with Gasteiger partial charge in [-0.2, -0.15) is 4.98 Å². The SMILES string of the molecule is CC(C)Oc1cc(Nc2ncc3c(F)cn(CC4CCCO4)c3n2)ccc1C1CCN(C)CC1. The van der Waals surface area contributed by atoms with Crippen molar-refractivity contribution < 1.29 is 13.9 Å². The first-order valence-electron chi connectivity index (χ1n) is 12.4. The van der Waals surface area contributed by atoms with Crippen molar-refractivity contribution in [1.29, 1.82) is 0 Å². The van der Waals surface area contributed by atoms with E-state index in [0.717, 1.165) is 56.8 Å². The molecule has 0 saturated carbocycles. The molecule has 2 aromatic heterocycles. The van der Waals surface area contributed by atoms with Crippen LogP contribution in [0, 0.1) is 5.82 Å². The lowest BCUT2D eigenvalue weighted by Gasteiger charge is -2.30. The largest absolute Gasteiger partial charge is 0.491 e. The van der Waals surface area contributed by atoms with Crippen LogP contribution < -0.4 is 10.1 Å². The molecule has 2 fully saturated rings. The summed E-state index contributed by atoms with van der Waals surface area (Å²) >= 11 is 0. The van der Waals surface area contributed by atoms with Crippen LogP contribution in [0.3, 0.4) is 0 Å². The number of nitrogens with zero attached hydrogens (tertiary/aromatic N) is 4. The van der Waals surface area contributed by atoms with Crippen molar-refractivity contribution in [2.45, 2.75) is 64.2 Å². The highest BCUT2D eigenvalue weighted by molar-refractivity contribution is 5.77. The zero-order valence-electron chi connectivity index (χ0n) is 20.3. The third-order valence-corrected chi connectivity index (χ3v) is 6.78. The van der Waals surface area contributed by atoms with Gasteiger partial charge in [0.1, 0.15) is 11.4 Å². The van der Waals surface area contributed by atoms with Crippen LogP contribution in [0.4, 0.5) is 16.0 Å². The molecule has 1 atom stereocenters. The molecule has 7 nitrogen and oxygen atoms in total. The van der Waals surface area contributed by atoms with E-state index >= 15 is 0 Å². The van der Waals surface area contributed by atoms with Crippen LogP contribution in [0.5, 0.6) is 5.75 Å². The first kappa shape index (κ1) is 23.1. The Kier molecular flexibility index (Phi) is 6.70. The van der Waals surface area contributed by atoms with Crippen LogP contribution in [0.2, 0.25) is 0 Å². The monoisotopic (exact) mass is 467 g/mol. The molecule has 0 aliphatic carbocycles. The second kappa shape index (κ2) is 9.88. The highest BCUT2D eigenvalue weighted by atomic mass is 19.1. The van der Waals surface area contributed by atoms with Gasteiger partial charge in [0, 0.05) is 30.8 Å². The van der Waals surface area contributed by atoms with E-state index in [1.807, 2.05) is 24.5 Å². The van der Waals surface area contributed by atoms with E-state index in [1.165, 1.54) is 11.8 Å². The van der Waals surface area contributed by atoms with Crippen molar-refractivity contribution in [3.8, 4) is 5.75 Å². The molecular formula is C26H34FN5O2. The normalized spacial score (nSPS) is 19.9. The van der Waals surface area contributed by atoms with Gasteiger partial charge < -0.3 is 24.3 Å². The van der Waals surface area contributed by atoms with Gasteiger partial charge in [0.2, 0.25) is 5.95 Å². The van der Waals surface area contributed by atoms with Crippen LogP contribution in [0.15, 0.2) is 30.6 Å². The molecular weight excluding hydrogens is 433 g/mol. The number of rotatable bonds is 7. The Balaban J connectivity index is 1.40. The maximum absolute atomic E-state index is 14.5. The number of fused-ring (bicyclic) bond motifs is 1. The summed E-state index contributed by atoms with van der Waals surface area (Å²) in [6, 6.07) is 6.25. The van der Waals surface area contributed by atoms with Gasteiger partial charge in [0.15, 0.2) is 5.82 Å². The van der Waals surface area contributed by atoms with Crippen molar-refractivity contribution in [3.63, 3.8) is 0 Å². The molecule has 34 heavy (non-hydrogen) atoms. The summed E-state index contributed by atoms with van der Waals surface area (Å²) in [7, 11) is 2.18. The summed E-state index contributed by atoms with van der Waals surface area (Å²) in [4.78, 5) is 11.4. The minimum absolute atomic E-state index is 0.0805. The Labute approximate surface area is 200 Å². The number of likely N-dealkylation sites (tertiary alicyclic amines) is 1. The summed E-state index contributed by atoms with van der Waals surface area (Å²) in [5, 5.41) is 3.72. The second-order valence-electron chi connectivity index (χ2n) is 9.82. The molecule has 1 N–H and O–H groups in total. The molecule has 2 saturated heterocycles. The van der Waals surface area contributed by atoms with Gasteiger partial charge in [-0.1, -0.05) is 6.07 Å².